The summed E-state index contributed by atoms with van der Waals surface area (Å²) in [7, 11) is 0.376. The monoisotopic (exact) mass is 497 g/mol. The smallest absolute Gasteiger partial charge is 0.191 e. The van der Waals surface area contributed by atoms with Gasteiger partial charge >= 0.3 is 0 Å². The van der Waals surface area contributed by atoms with E-state index < -0.39 is 9.84 Å². The van der Waals surface area contributed by atoms with Crippen LogP contribution < -0.4 is 20.1 Å². The molecule has 1 aliphatic heterocycles. The summed E-state index contributed by atoms with van der Waals surface area (Å²) >= 11 is 0. The summed E-state index contributed by atoms with van der Waals surface area (Å²) in [5.41, 5.74) is 0.948. The van der Waals surface area contributed by atoms with Crippen LogP contribution in [0.1, 0.15) is 18.9 Å². The van der Waals surface area contributed by atoms with Gasteiger partial charge in [-0.1, -0.05) is 0 Å². The van der Waals surface area contributed by atoms with Gasteiger partial charge in [0, 0.05) is 24.7 Å². The predicted octanol–water partition coefficient (Wildman–Crippen LogP) is 1.81. The van der Waals surface area contributed by atoms with Crippen molar-refractivity contribution in [2.75, 3.05) is 38.8 Å². The Kier molecular flexibility index (Phi) is 9.48. The normalized spacial score (nSPS) is 18.7. The van der Waals surface area contributed by atoms with Crippen molar-refractivity contribution in [1.82, 2.24) is 10.6 Å². The molecule has 1 atom stereocenters. The van der Waals surface area contributed by atoms with Crippen LogP contribution in [0.4, 0.5) is 0 Å². The molecule has 0 saturated carbocycles. The van der Waals surface area contributed by atoms with Gasteiger partial charge in [-0.2, -0.15) is 0 Å². The van der Waals surface area contributed by atoms with Gasteiger partial charge in [-0.15, -0.1) is 24.0 Å². The molecule has 148 valence electrons. The first-order valence-corrected chi connectivity index (χ1v) is 10.2. The second kappa shape index (κ2) is 10.8. The van der Waals surface area contributed by atoms with Gasteiger partial charge in [0.2, 0.25) is 0 Å². The maximum atomic E-state index is 11.5. The van der Waals surface area contributed by atoms with Crippen molar-refractivity contribution in [3.05, 3.63) is 23.8 Å². The third-order valence-corrected chi connectivity index (χ3v) is 5.97. The van der Waals surface area contributed by atoms with Gasteiger partial charge in [0.1, 0.15) is 11.5 Å². The average Bonchev–Trinajstić information content (AvgIpc) is 2.96. The zero-order chi connectivity index (χ0) is 18.3. The molecule has 0 aromatic heterocycles. The summed E-state index contributed by atoms with van der Waals surface area (Å²) in [5.74, 6) is 2.81. The number of methoxy groups -OCH3 is 2. The van der Waals surface area contributed by atoms with E-state index in [1.807, 2.05) is 25.1 Å². The number of aliphatic imine (C=N–C) groups is 1. The number of halogens is 1. The molecule has 1 unspecified atom stereocenters. The molecule has 1 fully saturated rings. The van der Waals surface area contributed by atoms with E-state index in [0.29, 0.717) is 25.5 Å². The van der Waals surface area contributed by atoms with Gasteiger partial charge in [-0.3, -0.25) is 0 Å². The molecule has 0 amide bonds. The maximum absolute atomic E-state index is 11.5. The molecule has 1 heterocycles. The van der Waals surface area contributed by atoms with Crippen LogP contribution in [0.3, 0.4) is 0 Å². The molecule has 7 nitrogen and oxygen atoms in total. The Hall–Kier alpha value is -1.23. The summed E-state index contributed by atoms with van der Waals surface area (Å²) in [6, 6.07) is 5.62. The molecule has 1 aromatic carbocycles. The van der Waals surface area contributed by atoms with Crippen LogP contribution in [-0.4, -0.2) is 53.2 Å². The highest BCUT2D eigenvalue weighted by Gasteiger charge is 2.27. The molecule has 1 saturated heterocycles. The molecule has 2 rings (SSSR count). The minimum atomic E-state index is -2.86. The number of rotatable bonds is 7. The van der Waals surface area contributed by atoms with E-state index in [4.69, 9.17) is 9.47 Å². The summed E-state index contributed by atoms with van der Waals surface area (Å²) < 4.78 is 33.7. The lowest BCUT2D eigenvalue weighted by Gasteiger charge is -2.15. The molecule has 0 radical (unpaired) electrons. The van der Waals surface area contributed by atoms with Crippen LogP contribution in [-0.2, 0) is 16.4 Å². The first-order valence-electron chi connectivity index (χ1n) is 8.41. The van der Waals surface area contributed by atoms with Gasteiger partial charge in [-0.25, -0.2) is 13.4 Å². The summed E-state index contributed by atoms with van der Waals surface area (Å²) in [5, 5.41) is 6.42. The Morgan fingerprint density at radius 1 is 1.27 bits per heavy atom. The standard InChI is InChI=1S/C17H27N3O4S.HI/c1-4-18-17(19-10-13-7-8-25(21,22)12-13)20-11-14-5-6-15(23-2)9-16(14)24-3;/h5-6,9,13H,4,7-8,10-12H2,1-3H3,(H2,18,19,20);1H. The van der Waals surface area contributed by atoms with Gasteiger partial charge in [0.05, 0.1) is 32.3 Å². The fourth-order valence-electron chi connectivity index (χ4n) is 2.76. The van der Waals surface area contributed by atoms with Crippen molar-refractivity contribution in [3.8, 4) is 11.5 Å². The Balaban J connectivity index is 0.00000338. The summed E-state index contributed by atoms with van der Waals surface area (Å²) in [4.78, 5) is 4.57. The Labute approximate surface area is 172 Å². The molecule has 2 N–H and O–H groups in total. The lowest BCUT2D eigenvalue weighted by molar-refractivity contribution is 0.391. The van der Waals surface area contributed by atoms with Crippen LogP contribution in [0.25, 0.3) is 0 Å². The Morgan fingerprint density at radius 2 is 2.04 bits per heavy atom. The molecule has 9 heteroatoms. The highest BCUT2D eigenvalue weighted by Crippen LogP contribution is 2.25. The molecule has 26 heavy (non-hydrogen) atoms. The highest BCUT2D eigenvalue weighted by molar-refractivity contribution is 14.0. The van der Waals surface area contributed by atoms with Crippen LogP contribution in [0.15, 0.2) is 23.2 Å². The number of guanidine groups is 1. The van der Waals surface area contributed by atoms with E-state index in [1.54, 1.807) is 14.2 Å². The van der Waals surface area contributed by atoms with E-state index in [2.05, 4.69) is 15.6 Å². The maximum Gasteiger partial charge on any atom is 0.191 e. The van der Waals surface area contributed by atoms with Gasteiger partial charge in [-0.05, 0) is 31.4 Å². The molecular formula is C17H28IN3O4S. The fraction of sp³-hybridized carbons (Fsp3) is 0.588. The van der Waals surface area contributed by atoms with Gasteiger partial charge in [0.15, 0.2) is 15.8 Å². The average molecular weight is 497 g/mol. The van der Waals surface area contributed by atoms with Crippen LogP contribution in [0.2, 0.25) is 0 Å². The molecule has 0 spiro atoms. The number of hydrogen-bond donors (Lipinski definition) is 2. The first kappa shape index (κ1) is 22.8. The molecular weight excluding hydrogens is 469 g/mol. The van der Waals surface area contributed by atoms with Crippen LogP contribution >= 0.6 is 24.0 Å². The third-order valence-electron chi connectivity index (χ3n) is 4.13. The number of ether oxygens (including phenoxy) is 2. The van der Waals surface area contributed by atoms with E-state index in [0.717, 1.165) is 23.6 Å². The van der Waals surface area contributed by atoms with Gasteiger partial charge < -0.3 is 20.1 Å². The largest absolute Gasteiger partial charge is 0.497 e. The second-order valence-electron chi connectivity index (χ2n) is 6.02. The molecule has 0 bridgehead atoms. The quantitative estimate of drug-likeness (QED) is 0.340. The number of sulfone groups is 1. The van der Waals surface area contributed by atoms with E-state index in [9.17, 15) is 8.42 Å². The molecule has 1 aromatic rings. The van der Waals surface area contributed by atoms with Crippen molar-refractivity contribution in [2.45, 2.75) is 19.9 Å². The van der Waals surface area contributed by atoms with E-state index in [1.165, 1.54) is 0 Å². The van der Waals surface area contributed by atoms with Crippen molar-refractivity contribution < 1.29 is 17.9 Å². The van der Waals surface area contributed by atoms with Crippen molar-refractivity contribution in [1.29, 1.82) is 0 Å². The molecule has 1 aliphatic rings. The topological polar surface area (TPSA) is 89.0 Å². The highest BCUT2D eigenvalue weighted by atomic mass is 127. The van der Waals surface area contributed by atoms with Crippen LogP contribution in [0, 0.1) is 5.92 Å². The Bertz CT molecular complexity index is 710. The number of nitrogens with zero attached hydrogens (tertiary/aromatic N) is 1. The minimum Gasteiger partial charge on any atom is -0.497 e. The van der Waals surface area contributed by atoms with Crippen molar-refractivity contribution in [3.63, 3.8) is 0 Å². The SMILES string of the molecule is CCNC(=NCc1ccc(OC)cc1OC)NCC1CCS(=O)(=O)C1.I. The van der Waals surface area contributed by atoms with E-state index >= 15 is 0 Å². The van der Waals surface area contributed by atoms with Crippen LogP contribution in [0.5, 0.6) is 11.5 Å². The lowest BCUT2D eigenvalue weighted by Crippen LogP contribution is -2.40. The number of nitrogens with one attached hydrogen (secondary N) is 2. The molecule has 0 aliphatic carbocycles. The second-order valence-corrected chi connectivity index (χ2v) is 8.25. The van der Waals surface area contributed by atoms with Crippen molar-refractivity contribution >= 4 is 39.8 Å². The van der Waals surface area contributed by atoms with Gasteiger partial charge in [0.25, 0.3) is 0 Å². The lowest BCUT2D eigenvalue weighted by atomic mass is 10.1. The minimum absolute atomic E-state index is 0. The third kappa shape index (κ3) is 6.82. The summed E-state index contributed by atoms with van der Waals surface area (Å²) in [6.07, 6.45) is 0.709. The first-order chi connectivity index (χ1) is 12.0. The van der Waals surface area contributed by atoms with Crippen molar-refractivity contribution in [2.24, 2.45) is 10.9 Å². The zero-order valence-electron chi connectivity index (χ0n) is 15.4. The van der Waals surface area contributed by atoms with E-state index in [-0.39, 0.29) is 41.4 Å². The zero-order valence-corrected chi connectivity index (χ0v) is 18.6. The number of benzene rings is 1. The Morgan fingerprint density at radius 3 is 2.62 bits per heavy atom. The number of hydrogen-bond acceptors (Lipinski definition) is 5. The summed E-state index contributed by atoms with van der Waals surface area (Å²) in [6.45, 7) is 3.77. The predicted molar refractivity (Wildman–Crippen MR) is 115 cm³/mol. The fourth-order valence-corrected chi connectivity index (χ4v) is 4.62.